The van der Waals surface area contributed by atoms with Crippen molar-refractivity contribution < 1.29 is 30.0 Å². The molecule has 0 fully saturated rings. The van der Waals surface area contributed by atoms with Crippen LogP contribution in [0.2, 0.25) is 19.6 Å². The van der Waals surface area contributed by atoms with Gasteiger partial charge in [-0.05, 0) is 19.6 Å². The van der Waals surface area contributed by atoms with Crippen LogP contribution in [0, 0.1) is 0 Å². The van der Waals surface area contributed by atoms with Gasteiger partial charge in [0.2, 0.25) is 0 Å². The van der Waals surface area contributed by atoms with Crippen LogP contribution < -0.4 is 0 Å². The minimum absolute atomic E-state index is 0.105. The molecule has 0 unspecified atom stereocenters. The predicted octanol–water partition coefficient (Wildman–Crippen LogP) is -1.73. The van der Waals surface area contributed by atoms with Crippen LogP contribution >= 0.6 is 0 Å². The van der Waals surface area contributed by atoms with Gasteiger partial charge < -0.3 is 30.0 Å². The normalized spacial score (nSPS) is 20.2. The molecule has 0 saturated carbocycles. The van der Waals surface area contributed by atoms with Gasteiger partial charge in [-0.25, -0.2) is 0 Å². The van der Waals surface area contributed by atoms with E-state index in [1.165, 1.54) is 0 Å². The maximum Gasteiger partial charge on any atom is 0.183 e. The van der Waals surface area contributed by atoms with E-state index in [0.29, 0.717) is 0 Å². The SMILES string of the molecule is C[Si](C)(C)OC[C@H](O)[C@@H](O)[C@@H](O)[C@H](O)CO. The lowest BCUT2D eigenvalue weighted by atomic mass is 10.0. The monoisotopic (exact) mass is 254 g/mol. The Morgan fingerprint density at radius 2 is 1.38 bits per heavy atom. The van der Waals surface area contributed by atoms with Crippen LogP contribution in [0.25, 0.3) is 0 Å². The molecule has 0 heterocycles. The molecule has 0 aliphatic carbocycles. The van der Waals surface area contributed by atoms with Crippen LogP contribution in [0.3, 0.4) is 0 Å². The Balaban J connectivity index is 4.12. The summed E-state index contributed by atoms with van der Waals surface area (Å²) in [5.41, 5.74) is 0. The van der Waals surface area contributed by atoms with Crippen LogP contribution in [0.1, 0.15) is 0 Å². The Hall–Kier alpha value is -0.0231. The van der Waals surface area contributed by atoms with Gasteiger partial charge in [0, 0.05) is 0 Å². The van der Waals surface area contributed by atoms with Crippen molar-refractivity contribution in [2.75, 3.05) is 13.2 Å². The van der Waals surface area contributed by atoms with Gasteiger partial charge in [0.05, 0.1) is 13.2 Å². The summed E-state index contributed by atoms with van der Waals surface area (Å²) in [4.78, 5) is 0. The summed E-state index contributed by atoms with van der Waals surface area (Å²) in [6.07, 6.45) is -5.90. The lowest BCUT2D eigenvalue weighted by Crippen LogP contribution is -2.48. The van der Waals surface area contributed by atoms with Crippen LogP contribution in [0.15, 0.2) is 0 Å². The third-order valence-electron chi connectivity index (χ3n) is 2.01. The van der Waals surface area contributed by atoms with Crippen molar-refractivity contribution >= 4 is 8.32 Å². The second-order valence-electron chi connectivity index (χ2n) is 4.72. The van der Waals surface area contributed by atoms with E-state index in [2.05, 4.69) is 0 Å². The van der Waals surface area contributed by atoms with Gasteiger partial charge in [0.25, 0.3) is 0 Å². The smallest absolute Gasteiger partial charge is 0.183 e. The molecule has 0 aromatic carbocycles. The second-order valence-corrected chi connectivity index (χ2v) is 9.24. The summed E-state index contributed by atoms with van der Waals surface area (Å²) in [5.74, 6) is 0. The molecular weight excluding hydrogens is 232 g/mol. The second kappa shape index (κ2) is 6.65. The van der Waals surface area contributed by atoms with Crippen LogP contribution in [0.4, 0.5) is 0 Å². The van der Waals surface area contributed by atoms with Gasteiger partial charge in [0.15, 0.2) is 8.32 Å². The molecule has 7 heteroatoms. The van der Waals surface area contributed by atoms with Crippen molar-refractivity contribution in [2.45, 2.75) is 44.1 Å². The van der Waals surface area contributed by atoms with E-state index in [1.54, 1.807) is 0 Å². The van der Waals surface area contributed by atoms with E-state index in [4.69, 9.17) is 14.6 Å². The van der Waals surface area contributed by atoms with E-state index in [1.807, 2.05) is 19.6 Å². The molecule has 16 heavy (non-hydrogen) atoms. The highest BCUT2D eigenvalue weighted by Gasteiger charge is 2.31. The highest BCUT2D eigenvalue weighted by atomic mass is 28.4. The molecule has 0 aliphatic heterocycles. The standard InChI is InChI=1S/C9H22O6Si/c1-16(2,3)15-5-7(12)9(14)8(13)6(11)4-10/h6-14H,4-5H2,1-3H3/t6-,7+,8+,9-/m1/s1. The minimum atomic E-state index is -1.80. The Morgan fingerprint density at radius 1 is 0.938 bits per heavy atom. The molecule has 98 valence electrons. The first-order chi connectivity index (χ1) is 7.19. The van der Waals surface area contributed by atoms with Gasteiger partial charge in [-0.1, -0.05) is 0 Å². The van der Waals surface area contributed by atoms with Crippen molar-refractivity contribution in [3.05, 3.63) is 0 Å². The summed E-state index contributed by atoms with van der Waals surface area (Å²) in [7, 11) is -1.80. The van der Waals surface area contributed by atoms with Gasteiger partial charge in [-0.15, -0.1) is 0 Å². The van der Waals surface area contributed by atoms with E-state index >= 15 is 0 Å². The Morgan fingerprint density at radius 3 is 1.75 bits per heavy atom. The van der Waals surface area contributed by atoms with Crippen molar-refractivity contribution in [2.24, 2.45) is 0 Å². The summed E-state index contributed by atoms with van der Waals surface area (Å²) >= 11 is 0. The molecule has 0 saturated heterocycles. The molecule has 0 aromatic heterocycles. The molecule has 0 amide bonds. The van der Waals surface area contributed by atoms with Crippen LogP contribution in [0.5, 0.6) is 0 Å². The largest absolute Gasteiger partial charge is 0.415 e. The quantitative estimate of drug-likeness (QED) is 0.345. The van der Waals surface area contributed by atoms with Gasteiger partial charge in [0.1, 0.15) is 24.4 Å². The van der Waals surface area contributed by atoms with E-state index in [-0.39, 0.29) is 6.61 Å². The number of hydrogen-bond acceptors (Lipinski definition) is 6. The summed E-state index contributed by atoms with van der Waals surface area (Å²) in [6.45, 7) is 4.98. The van der Waals surface area contributed by atoms with E-state index in [9.17, 15) is 15.3 Å². The molecule has 0 rings (SSSR count). The minimum Gasteiger partial charge on any atom is -0.415 e. The van der Waals surface area contributed by atoms with Crippen molar-refractivity contribution in [3.8, 4) is 0 Å². The Bertz CT molecular complexity index is 195. The molecule has 5 N–H and O–H groups in total. The number of hydrogen-bond donors (Lipinski definition) is 5. The topological polar surface area (TPSA) is 110 Å². The van der Waals surface area contributed by atoms with Gasteiger partial charge in [-0.2, -0.15) is 0 Å². The van der Waals surface area contributed by atoms with Gasteiger partial charge in [-0.3, -0.25) is 0 Å². The van der Waals surface area contributed by atoms with E-state index in [0.717, 1.165) is 0 Å². The summed E-state index contributed by atoms with van der Waals surface area (Å²) in [6, 6.07) is 0. The van der Waals surface area contributed by atoms with Crippen LogP contribution in [-0.4, -0.2) is 71.5 Å². The molecular formula is C9H22O6Si. The fraction of sp³-hybridized carbons (Fsp3) is 1.00. The maximum absolute atomic E-state index is 9.49. The molecule has 6 nitrogen and oxygen atoms in total. The molecule has 0 radical (unpaired) electrons. The highest BCUT2D eigenvalue weighted by molar-refractivity contribution is 6.69. The maximum atomic E-state index is 9.49. The molecule has 0 aromatic rings. The first-order valence-corrected chi connectivity index (χ1v) is 8.57. The van der Waals surface area contributed by atoms with Crippen molar-refractivity contribution in [1.29, 1.82) is 0 Å². The first-order valence-electron chi connectivity index (χ1n) is 5.16. The van der Waals surface area contributed by atoms with Crippen molar-refractivity contribution in [1.82, 2.24) is 0 Å². The zero-order valence-electron chi connectivity index (χ0n) is 9.87. The number of aliphatic hydroxyl groups excluding tert-OH is 5. The Labute approximate surface area is 96.2 Å². The lowest BCUT2D eigenvalue weighted by molar-refractivity contribution is -0.122. The number of rotatable bonds is 7. The first kappa shape index (κ1) is 16.0. The lowest BCUT2D eigenvalue weighted by Gasteiger charge is -2.27. The molecule has 0 bridgehead atoms. The van der Waals surface area contributed by atoms with Gasteiger partial charge >= 0.3 is 0 Å². The summed E-state index contributed by atoms with van der Waals surface area (Å²) < 4.78 is 5.35. The third-order valence-corrected chi connectivity index (χ3v) is 3.05. The average Bonchev–Trinajstić information content (AvgIpc) is 2.21. The van der Waals surface area contributed by atoms with Crippen molar-refractivity contribution in [3.63, 3.8) is 0 Å². The zero-order chi connectivity index (χ0) is 12.9. The molecule has 0 aliphatic rings. The predicted molar refractivity (Wildman–Crippen MR) is 60.4 cm³/mol. The Kier molecular flexibility index (Phi) is 6.64. The highest BCUT2D eigenvalue weighted by Crippen LogP contribution is 2.09. The fourth-order valence-electron chi connectivity index (χ4n) is 0.997. The number of aliphatic hydroxyl groups is 5. The summed E-state index contributed by atoms with van der Waals surface area (Å²) in [5, 5.41) is 45.9. The molecule has 0 spiro atoms. The fourth-order valence-corrected chi connectivity index (χ4v) is 1.67. The molecule has 4 atom stereocenters. The zero-order valence-corrected chi connectivity index (χ0v) is 10.9. The van der Waals surface area contributed by atoms with E-state index < -0.39 is 39.3 Å². The third kappa shape index (κ3) is 5.90. The van der Waals surface area contributed by atoms with Crippen LogP contribution in [-0.2, 0) is 4.43 Å². The average molecular weight is 254 g/mol.